The number of hydrogen-bond donors (Lipinski definition) is 2. The van der Waals surface area contributed by atoms with Gasteiger partial charge in [0.25, 0.3) is 0 Å². The second-order valence-electron chi connectivity index (χ2n) is 3.59. The fraction of sp³-hybridized carbons (Fsp3) is 0.167. The molecule has 1 aromatic heterocycles. The van der Waals surface area contributed by atoms with Crippen molar-refractivity contribution in [3.05, 3.63) is 54.1 Å². The highest BCUT2D eigenvalue weighted by molar-refractivity contribution is 5.85. The van der Waals surface area contributed by atoms with Crippen LogP contribution in [0.25, 0.3) is 0 Å². The topological polar surface area (TPSA) is 66.0 Å². The Morgan fingerprint density at radius 2 is 2.06 bits per heavy atom. The van der Waals surface area contributed by atoms with Crippen LogP contribution in [0.5, 0.6) is 0 Å². The average molecular weight is 253 g/mol. The number of benzene rings is 1. The number of carboxylic acids is 1. The maximum Gasteiger partial charge on any atom is 0.312 e. The summed E-state index contributed by atoms with van der Waals surface area (Å²) in [5.74, 6) is -1.40. The number of carbonyl (C=O) groups is 1. The number of aliphatic carboxylic acids is 1. The van der Waals surface area contributed by atoms with Gasteiger partial charge < -0.3 is 10.1 Å². The number of aromatic amines is 1. The average Bonchev–Trinajstić information content (AvgIpc) is 2.80. The maximum absolute atomic E-state index is 11.2. The van der Waals surface area contributed by atoms with E-state index < -0.39 is 11.9 Å². The van der Waals surface area contributed by atoms with Crippen molar-refractivity contribution < 1.29 is 9.90 Å². The minimum atomic E-state index is -0.840. The third kappa shape index (κ3) is 3.32. The van der Waals surface area contributed by atoms with Crippen molar-refractivity contribution >= 4 is 18.4 Å². The van der Waals surface area contributed by atoms with Crippen LogP contribution in [0.3, 0.4) is 0 Å². The molecule has 0 spiro atoms. The molecular weight excluding hydrogens is 240 g/mol. The zero-order valence-corrected chi connectivity index (χ0v) is 9.85. The second kappa shape index (κ2) is 6.06. The number of H-pyrrole nitrogens is 1. The Balaban J connectivity index is 0.00000144. The van der Waals surface area contributed by atoms with Crippen LogP contribution in [0.2, 0.25) is 0 Å². The Hall–Kier alpha value is -1.81. The third-order valence-corrected chi connectivity index (χ3v) is 2.48. The molecule has 0 radical (unpaired) electrons. The second-order valence-corrected chi connectivity index (χ2v) is 3.59. The lowest BCUT2D eigenvalue weighted by Gasteiger charge is -2.09. The van der Waals surface area contributed by atoms with Gasteiger partial charge in [0.1, 0.15) is 5.92 Å². The molecule has 90 valence electrons. The van der Waals surface area contributed by atoms with Crippen molar-refractivity contribution in [3.8, 4) is 0 Å². The molecule has 1 heterocycles. The molecule has 17 heavy (non-hydrogen) atoms. The van der Waals surface area contributed by atoms with Gasteiger partial charge >= 0.3 is 5.97 Å². The van der Waals surface area contributed by atoms with Crippen molar-refractivity contribution in [2.45, 2.75) is 12.3 Å². The fourth-order valence-corrected chi connectivity index (χ4v) is 1.64. The smallest absolute Gasteiger partial charge is 0.312 e. The minimum absolute atomic E-state index is 0. The summed E-state index contributed by atoms with van der Waals surface area (Å²) < 4.78 is 0. The molecule has 2 aromatic rings. The molecule has 0 bridgehead atoms. The predicted octanol–water partition coefficient (Wildman–Crippen LogP) is 2.24. The monoisotopic (exact) mass is 252 g/mol. The molecule has 1 aromatic carbocycles. The summed E-state index contributed by atoms with van der Waals surface area (Å²) >= 11 is 0. The van der Waals surface area contributed by atoms with Crippen molar-refractivity contribution in [1.29, 1.82) is 0 Å². The van der Waals surface area contributed by atoms with Gasteiger partial charge in [0.15, 0.2) is 0 Å². The van der Waals surface area contributed by atoms with Gasteiger partial charge in [-0.15, -0.1) is 12.4 Å². The van der Waals surface area contributed by atoms with Crippen LogP contribution in [0, 0.1) is 0 Å². The minimum Gasteiger partial charge on any atom is -0.481 e. The maximum atomic E-state index is 11.2. The fourth-order valence-electron chi connectivity index (χ4n) is 1.64. The Morgan fingerprint density at radius 3 is 2.59 bits per heavy atom. The zero-order chi connectivity index (χ0) is 11.4. The lowest BCUT2D eigenvalue weighted by atomic mass is 9.97. The lowest BCUT2D eigenvalue weighted by Crippen LogP contribution is -2.14. The highest BCUT2D eigenvalue weighted by Crippen LogP contribution is 2.18. The lowest BCUT2D eigenvalue weighted by molar-refractivity contribution is -0.138. The van der Waals surface area contributed by atoms with E-state index in [-0.39, 0.29) is 12.4 Å². The number of aromatic nitrogens is 2. The number of hydrogen-bond acceptors (Lipinski definition) is 2. The van der Waals surface area contributed by atoms with Gasteiger partial charge in [-0.2, -0.15) is 0 Å². The molecule has 1 unspecified atom stereocenters. The van der Waals surface area contributed by atoms with E-state index >= 15 is 0 Å². The first-order valence-corrected chi connectivity index (χ1v) is 5.02. The Morgan fingerprint density at radius 1 is 1.35 bits per heavy atom. The molecular formula is C12H13ClN2O2. The van der Waals surface area contributed by atoms with Gasteiger partial charge in [-0.3, -0.25) is 4.79 Å². The summed E-state index contributed by atoms with van der Waals surface area (Å²) in [6.07, 6.45) is 3.52. The molecule has 0 saturated carbocycles. The normalized spacial score (nSPS) is 11.5. The Bertz CT molecular complexity index is 457. The zero-order valence-electron chi connectivity index (χ0n) is 9.04. The summed E-state index contributed by atoms with van der Waals surface area (Å²) in [6.45, 7) is 0. The molecule has 0 amide bonds. The molecule has 0 saturated heterocycles. The van der Waals surface area contributed by atoms with Crippen LogP contribution in [0.15, 0.2) is 42.9 Å². The number of nitrogens with one attached hydrogen (secondary N) is 1. The largest absolute Gasteiger partial charge is 0.481 e. The first kappa shape index (κ1) is 13.3. The van der Waals surface area contributed by atoms with E-state index in [9.17, 15) is 4.79 Å². The Kier molecular flexibility index (Phi) is 4.72. The van der Waals surface area contributed by atoms with Gasteiger partial charge in [-0.25, -0.2) is 4.98 Å². The summed E-state index contributed by atoms with van der Waals surface area (Å²) in [6, 6.07) is 9.57. The number of rotatable bonds is 4. The summed E-state index contributed by atoms with van der Waals surface area (Å²) in [5.41, 5.74) is 1.64. The molecule has 2 N–H and O–H groups in total. The molecule has 0 aliphatic rings. The number of carboxylic acid groups (broad SMARTS) is 1. The molecule has 1 atom stereocenters. The van der Waals surface area contributed by atoms with Crippen molar-refractivity contribution in [2.75, 3.05) is 0 Å². The van der Waals surface area contributed by atoms with Gasteiger partial charge in [-0.1, -0.05) is 30.3 Å². The first-order valence-electron chi connectivity index (χ1n) is 5.02. The van der Waals surface area contributed by atoms with Crippen LogP contribution in [0.1, 0.15) is 17.2 Å². The summed E-state index contributed by atoms with van der Waals surface area (Å²) in [5, 5.41) is 9.16. The predicted molar refractivity (Wildman–Crippen MR) is 66.4 cm³/mol. The Labute approximate surface area is 105 Å². The number of nitrogens with zero attached hydrogens (tertiary/aromatic N) is 1. The van der Waals surface area contributed by atoms with E-state index in [4.69, 9.17) is 5.11 Å². The standard InChI is InChI=1S/C12H12N2O2.ClH/c15-12(16)10(11-7-13-8-14-11)6-9-4-2-1-3-5-9;/h1-5,7-8,10H,6H2,(H,13,14)(H,15,16);1H. The molecule has 2 rings (SSSR count). The van der Waals surface area contributed by atoms with E-state index in [2.05, 4.69) is 9.97 Å². The molecule has 5 heteroatoms. The van der Waals surface area contributed by atoms with Crippen LogP contribution in [-0.2, 0) is 11.2 Å². The molecule has 0 aliphatic carbocycles. The van der Waals surface area contributed by atoms with Gasteiger partial charge in [0.05, 0.1) is 6.33 Å². The van der Waals surface area contributed by atoms with Crippen LogP contribution in [0.4, 0.5) is 0 Å². The van der Waals surface area contributed by atoms with Crippen molar-refractivity contribution in [1.82, 2.24) is 9.97 Å². The first-order chi connectivity index (χ1) is 7.77. The SMILES string of the molecule is Cl.O=C(O)C(Cc1ccccc1)c1cnc[nH]1. The van der Waals surface area contributed by atoms with Gasteiger partial charge in [0.2, 0.25) is 0 Å². The quantitative estimate of drug-likeness (QED) is 0.877. The highest BCUT2D eigenvalue weighted by Gasteiger charge is 2.21. The van der Waals surface area contributed by atoms with E-state index in [1.807, 2.05) is 30.3 Å². The number of halogens is 1. The van der Waals surface area contributed by atoms with E-state index in [0.717, 1.165) is 5.56 Å². The summed E-state index contributed by atoms with van der Waals surface area (Å²) in [4.78, 5) is 17.8. The number of imidazole rings is 1. The van der Waals surface area contributed by atoms with Crippen molar-refractivity contribution in [2.24, 2.45) is 0 Å². The van der Waals surface area contributed by atoms with Gasteiger partial charge in [-0.05, 0) is 12.0 Å². The van der Waals surface area contributed by atoms with E-state index in [1.165, 1.54) is 6.33 Å². The third-order valence-electron chi connectivity index (χ3n) is 2.48. The van der Waals surface area contributed by atoms with Gasteiger partial charge in [0, 0.05) is 11.9 Å². The summed E-state index contributed by atoms with van der Waals surface area (Å²) in [7, 11) is 0. The molecule has 4 nitrogen and oxygen atoms in total. The highest BCUT2D eigenvalue weighted by atomic mass is 35.5. The molecule has 0 aliphatic heterocycles. The van der Waals surface area contributed by atoms with E-state index in [0.29, 0.717) is 12.1 Å². The van der Waals surface area contributed by atoms with E-state index in [1.54, 1.807) is 6.20 Å². The van der Waals surface area contributed by atoms with Crippen molar-refractivity contribution in [3.63, 3.8) is 0 Å². The van der Waals surface area contributed by atoms with Crippen LogP contribution in [-0.4, -0.2) is 21.0 Å². The van der Waals surface area contributed by atoms with Crippen LogP contribution < -0.4 is 0 Å². The molecule has 0 fully saturated rings. The van der Waals surface area contributed by atoms with Crippen LogP contribution >= 0.6 is 12.4 Å².